The maximum atomic E-state index is 14.0. The molecule has 1 amide bonds. The monoisotopic (exact) mass is 413 g/mol. The summed E-state index contributed by atoms with van der Waals surface area (Å²) in [5.41, 5.74) is 1.68. The number of hydrogen-bond donors (Lipinski definition) is 1. The summed E-state index contributed by atoms with van der Waals surface area (Å²) < 4.78 is 38.9. The van der Waals surface area contributed by atoms with Crippen LogP contribution in [0, 0.1) is 11.6 Å². The van der Waals surface area contributed by atoms with Crippen molar-refractivity contribution < 1.29 is 23.0 Å². The van der Waals surface area contributed by atoms with Crippen LogP contribution in [-0.4, -0.2) is 25.7 Å². The molecule has 0 unspecified atom stereocenters. The van der Waals surface area contributed by atoms with E-state index in [1.165, 1.54) is 31.1 Å². The van der Waals surface area contributed by atoms with Crippen LogP contribution in [0.2, 0.25) is 0 Å². The third-order valence-electron chi connectivity index (χ3n) is 5.81. The number of benzene rings is 2. The van der Waals surface area contributed by atoms with Crippen LogP contribution in [0.15, 0.2) is 42.0 Å². The van der Waals surface area contributed by atoms with E-state index >= 15 is 0 Å². The Kier molecular flexibility index (Phi) is 6.02. The Morgan fingerprint density at radius 1 is 1.07 bits per heavy atom. The average Bonchev–Trinajstić information content (AvgIpc) is 3.24. The van der Waals surface area contributed by atoms with E-state index in [0.29, 0.717) is 30.0 Å². The van der Waals surface area contributed by atoms with Crippen molar-refractivity contribution in [2.24, 2.45) is 0 Å². The molecule has 6 heteroatoms. The maximum Gasteiger partial charge on any atom is 0.247 e. The van der Waals surface area contributed by atoms with Crippen molar-refractivity contribution in [3.05, 3.63) is 64.7 Å². The van der Waals surface area contributed by atoms with Crippen molar-refractivity contribution in [3.63, 3.8) is 0 Å². The molecule has 1 heterocycles. The van der Waals surface area contributed by atoms with Gasteiger partial charge in [0.05, 0.1) is 13.2 Å². The molecular weight excluding hydrogens is 388 g/mol. The highest BCUT2D eigenvalue weighted by atomic mass is 19.1. The lowest BCUT2D eigenvalue weighted by molar-refractivity contribution is -0.118. The number of carbonyl (C=O) groups excluding carboxylic acids is 1. The molecule has 1 saturated carbocycles. The van der Waals surface area contributed by atoms with E-state index in [9.17, 15) is 13.6 Å². The number of hydrogen-bond acceptors (Lipinski definition) is 3. The second-order valence-corrected chi connectivity index (χ2v) is 7.88. The average molecular weight is 413 g/mol. The molecule has 0 aromatic heterocycles. The molecule has 158 valence electrons. The fraction of sp³-hybridized carbons (Fsp3) is 0.375. The number of methoxy groups -OCH3 is 1. The Bertz CT molecular complexity index is 967. The van der Waals surface area contributed by atoms with E-state index in [-0.39, 0.29) is 23.5 Å². The maximum absolute atomic E-state index is 14.0. The van der Waals surface area contributed by atoms with Crippen molar-refractivity contribution in [2.45, 2.75) is 44.1 Å². The molecule has 0 bridgehead atoms. The first-order valence-corrected chi connectivity index (χ1v) is 10.3. The van der Waals surface area contributed by atoms with E-state index in [1.807, 2.05) is 18.2 Å². The third kappa shape index (κ3) is 4.48. The SMILES string of the molecule is COc1ccc([C@H]2CNC(=O)/C(=C/c3ccc(F)cc3F)C2)cc1OC1CCCC1. The van der Waals surface area contributed by atoms with Gasteiger partial charge in [-0.3, -0.25) is 4.79 Å². The minimum absolute atomic E-state index is 0.0225. The van der Waals surface area contributed by atoms with Crippen molar-refractivity contribution >= 4 is 12.0 Å². The van der Waals surface area contributed by atoms with Gasteiger partial charge < -0.3 is 14.8 Å². The van der Waals surface area contributed by atoms with Gasteiger partial charge in [0.15, 0.2) is 11.5 Å². The molecular formula is C24H25F2NO3. The van der Waals surface area contributed by atoms with Crippen LogP contribution < -0.4 is 14.8 Å². The quantitative estimate of drug-likeness (QED) is 0.703. The first kappa shape index (κ1) is 20.4. The Hall–Kier alpha value is -2.89. The van der Waals surface area contributed by atoms with Gasteiger partial charge in [-0.15, -0.1) is 0 Å². The number of carbonyl (C=O) groups is 1. The van der Waals surface area contributed by atoms with Crippen molar-refractivity contribution in [1.82, 2.24) is 5.32 Å². The molecule has 4 rings (SSSR count). The topological polar surface area (TPSA) is 47.6 Å². The molecule has 2 aromatic carbocycles. The number of rotatable bonds is 5. The highest BCUT2D eigenvalue weighted by molar-refractivity contribution is 5.98. The fourth-order valence-corrected chi connectivity index (χ4v) is 4.15. The molecule has 1 N–H and O–H groups in total. The van der Waals surface area contributed by atoms with Gasteiger partial charge >= 0.3 is 0 Å². The van der Waals surface area contributed by atoms with Crippen LogP contribution in [0.5, 0.6) is 11.5 Å². The summed E-state index contributed by atoms with van der Waals surface area (Å²) in [5, 5.41) is 2.88. The predicted molar refractivity (Wildman–Crippen MR) is 111 cm³/mol. The summed E-state index contributed by atoms with van der Waals surface area (Å²) in [6, 6.07) is 9.19. The first-order valence-electron chi connectivity index (χ1n) is 10.3. The number of halogens is 2. The molecule has 1 saturated heterocycles. The van der Waals surface area contributed by atoms with E-state index in [4.69, 9.17) is 9.47 Å². The Morgan fingerprint density at radius 3 is 2.60 bits per heavy atom. The zero-order chi connectivity index (χ0) is 21.1. The molecule has 0 spiro atoms. The van der Waals surface area contributed by atoms with Gasteiger partial charge in [-0.1, -0.05) is 6.07 Å². The Labute approximate surface area is 174 Å². The summed E-state index contributed by atoms with van der Waals surface area (Å²) in [7, 11) is 1.62. The van der Waals surface area contributed by atoms with Gasteiger partial charge in [-0.05, 0) is 68.0 Å². The molecule has 30 heavy (non-hydrogen) atoms. The zero-order valence-corrected chi connectivity index (χ0v) is 16.9. The van der Waals surface area contributed by atoms with Crippen LogP contribution in [0.4, 0.5) is 8.78 Å². The fourth-order valence-electron chi connectivity index (χ4n) is 4.15. The summed E-state index contributed by atoms with van der Waals surface area (Å²) in [6.45, 7) is 0.483. The molecule has 2 aromatic rings. The van der Waals surface area contributed by atoms with Gasteiger partial charge in [-0.25, -0.2) is 8.78 Å². The van der Waals surface area contributed by atoms with E-state index < -0.39 is 11.6 Å². The Balaban J connectivity index is 1.57. The molecule has 1 aliphatic heterocycles. The minimum Gasteiger partial charge on any atom is -0.493 e. The van der Waals surface area contributed by atoms with E-state index in [0.717, 1.165) is 24.5 Å². The summed E-state index contributed by atoms with van der Waals surface area (Å²) in [4.78, 5) is 12.3. The summed E-state index contributed by atoms with van der Waals surface area (Å²) in [6.07, 6.45) is 6.60. The van der Waals surface area contributed by atoms with Crippen LogP contribution >= 0.6 is 0 Å². The van der Waals surface area contributed by atoms with Crippen molar-refractivity contribution in [3.8, 4) is 11.5 Å². The highest BCUT2D eigenvalue weighted by Crippen LogP contribution is 2.36. The smallest absolute Gasteiger partial charge is 0.247 e. The molecule has 0 radical (unpaired) electrons. The lowest BCUT2D eigenvalue weighted by Crippen LogP contribution is -2.35. The minimum atomic E-state index is -0.686. The van der Waals surface area contributed by atoms with Crippen LogP contribution in [0.3, 0.4) is 0 Å². The molecule has 4 nitrogen and oxygen atoms in total. The molecule has 1 atom stereocenters. The van der Waals surface area contributed by atoms with Gasteiger partial charge in [0.2, 0.25) is 5.91 Å². The van der Waals surface area contributed by atoms with Crippen LogP contribution in [0.1, 0.15) is 49.1 Å². The molecule has 2 fully saturated rings. The predicted octanol–water partition coefficient (Wildman–Crippen LogP) is 4.98. The van der Waals surface area contributed by atoms with Crippen molar-refractivity contribution in [1.29, 1.82) is 0 Å². The van der Waals surface area contributed by atoms with Gasteiger partial charge in [0.1, 0.15) is 11.6 Å². The van der Waals surface area contributed by atoms with E-state index in [2.05, 4.69) is 5.32 Å². The van der Waals surface area contributed by atoms with Gasteiger partial charge in [0.25, 0.3) is 0 Å². The van der Waals surface area contributed by atoms with Gasteiger partial charge in [-0.2, -0.15) is 0 Å². The number of piperidine rings is 1. The van der Waals surface area contributed by atoms with E-state index in [1.54, 1.807) is 7.11 Å². The first-order chi connectivity index (χ1) is 14.5. The zero-order valence-electron chi connectivity index (χ0n) is 16.9. The number of ether oxygens (including phenoxy) is 2. The Morgan fingerprint density at radius 2 is 1.87 bits per heavy atom. The van der Waals surface area contributed by atoms with Crippen molar-refractivity contribution in [2.75, 3.05) is 13.7 Å². The summed E-state index contributed by atoms with van der Waals surface area (Å²) in [5.74, 6) is -0.133. The second-order valence-electron chi connectivity index (χ2n) is 7.88. The largest absolute Gasteiger partial charge is 0.493 e. The second kappa shape index (κ2) is 8.86. The molecule has 1 aliphatic carbocycles. The van der Waals surface area contributed by atoms with Crippen LogP contribution in [0.25, 0.3) is 6.08 Å². The number of amides is 1. The van der Waals surface area contributed by atoms with Crippen LogP contribution in [-0.2, 0) is 4.79 Å². The summed E-state index contributed by atoms with van der Waals surface area (Å²) >= 11 is 0. The number of nitrogens with one attached hydrogen (secondary N) is 1. The molecule has 2 aliphatic rings. The third-order valence-corrected chi connectivity index (χ3v) is 5.81. The standard InChI is InChI=1S/C24H25F2NO3/c1-29-22-9-7-15(12-23(22)30-20-4-2-3-5-20)18-11-17(24(28)27-14-18)10-16-6-8-19(25)13-21(16)26/h6-10,12-13,18,20H,2-5,11,14H2,1H3,(H,27,28)/b17-10+/t18-/m1/s1. The van der Waals surface area contributed by atoms with Gasteiger partial charge in [0, 0.05) is 29.7 Å². The lowest BCUT2D eigenvalue weighted by atomic mass is 9.87. The lowest BCUT2D eigenvalue weighted by Gasteiger charge is -2.26. The normalized spacial score (nSPS) is 21.0. The highest BCUT2D eigenvalue weighted by Gasteiger charge is 2.26.